The van der Waals surface area contributed by atoms with Gasteiger partial charge in [0.1, 0.15) is 11.7 Å². The average Bonchev–Trinajstić information content (AvgIpc) is 2.42. The van der Waals surface area contributed by atoms with Crippen LogP contribution in [0.5, 0.6) is 0 Å². The van der Waals surface area contributed by atoms with E-state index >= 15 is 0 Å². The molecule has 1 aliphatic heterocycles. The first-order valence-electron chi connectivity index (χ1n) is 4.80. The minimum atomic E-state index is -1.25. The summed E-state index contributed by atoms with van der Waals surface area (Å²) in [5, 5.41) is 18.1. The van der Waals surface area contributed by atoms with Crippen molar-refractivity contribution in [3.05, 3.63) is 0 Å². The van der Waals surface area contributed by atoms with Crippen LogP contribution in [-0.2, 0) is 0 Å². The quantitative estimate of drug-likeness (QED) is 0.670. The van der Waals surface area contributed by atoms with Crippen molar-refractivity contribution in [2.45, 2.75) is 38.9 Å². The van der Waals surface area contributed by atoms with Gasteiger partial charge >= 0.3 is 6.09 Å². The van der Waals surface area contributed by atoms with Crippen LogP contribution in [0.4, 0.5) is 9.18 Å². The Kier molecular flexibility index (Phi) is 2.64. The molecule has 1 aliphatic rings. The van der Waals surface area contributed by atoms with E-state index in [4.69, 9.17) is 10.4 Å². The van der Waals surface area contributed by atoms with Crippen LogP contribution in [0.15, 0.2) is 0 Å². The first-order valence-corrected chi connectivity index (χ1v) is 4.80. The third-order valence-electron chi connectivity index (χ3n) is 3.01. The molecule has 0 aliphatic carbocycles. The zero-order valence-electron chi connectivity index (χ0n) is 9.12. The van der Waals surface area contributed by atoms with Crippen molar-refractivity contribution in [1.82, 2.24) is 4.90 Å². The van der Waals surface area contributed by atoms with Gasteiger partial charge < -0.3 is 5.11 Å². The Bertz CT molecular complexity index is 318. The lowest BCUT2D eigenvalue weighted by molar-refractivity contribution is 0.0689. The van der Waals surface area contributed by atoms with Crippen LogP contribution in [-0.4, -0.2) is 34.4 Å². The van der Waals surface area contributed by atoms with Crippen molar-refractivity contribution in [3.8, 4) is 6.07 Å². The van der Waals surface area contributed by atoms with E-state index < -0.39 is 23.2 Å². The zero-order valence-corrected chi connectivity index (χ0v) is 9.12. The largest absolute Gasteiger partial charge is 0.465 e. The van der Waals surface area contributed by atoms with E-state index in [9.17, 15) is 9.18 Å². The fraction of sp³-hybridized carbons (Fsp3) is 0.800. The highest BCUT2D eigenvalue weighted by molar-refractivity contribution is 5.68. The lowest BCUT2D eigenvalue weighted by Crippen LogP contribution is -2.54. The molecule has 1 rings (SSSR count). The van der Waals surface area contributed by atoms with E-state index in [0.717, 1.165) is 4.90 Å². The highest BCUT2D eigenvalue weighted by Gasteiger charge is 2.56. The second-order valence-corrected chi connectivity index (χ2v) is 4.92. The van der Waals surface area contributed by atoms with Crippen LogP contribution in [0.3, 0.4) is 0 Å². The molecule has 0 spiro atoms. The predicted octanol–water partition coefficient (Wildman–Crippen LogP) is 2.02. The van der Waals surface area contributed by atoms with E-state index in [1.807, 2.05) is 6.07 Å². The summed E-state index contributed by atoms with van der Waals surface area (Å²) < 4.78 is 13.3. The Morgan fingerprint density at radius 1 is 1.67 bits per heavy atom. The number of hydrogen-bond donors (Lipinski definition) is 1. The maximum atomic E-state index is 13.3. The highest BCUT2D eigenvalue weighted by atomic mass is 19.1. The lowest BCUT2D eigenvalue weighted by Gasteiger charge is -2.40. The van der Waals surface area contributed by atoms with E-state index in [2.05, 4.69) is 0 Å². The molecule has 2 atom stereocenters. The van der Waals surface area contributed by atoms with Gasteiger partial charge in [-0.2, -0.15) is 5.26 Å². The second-order valence-electron chi connectivity index (χ2n) is 4.92. The molecular formula is C10H15FN2O2. The third-order valence-corrected chi connectivity index (χ3v) is 3.01. The number of halogens is 1. The molecule has 0 unspecified atom stereocenters. The van der Waals surface area contributed by atoms with Crippen molar-refractivity contribution in [2.75, 3.05) is 6.54 Å². The van der Waals surface area contributed by atoms with Gasteiger partial charge in [-0.3, -0.25) is 4.90 Å². The Labute approximate surface area is 88.3 Å². The molecule has 1 fully saturated rings. The first kappa shape index (κ1) is 11.8. The smallest absolute Gasteiger partial charge is 0.408 e. The van der Waals surface area contributed by atoms with Crippen LogP contribution in [0.2, 0.25) is 0 Å². The van der Waals surface area contributed by atoms with E-state index in [-0.39, 0.29) is 13.0 Å². The minimum absolute atomic E-state index is 0.0424. The summed E-state index contributed by atoms with van der Waals surface area (Å²) in [4.78, 5) is 11.9. The van der Waals surface area contributed by atoms with Gasteiger partial charge in [-0.1, -0.05) is 20.8 Å². The first-order chi connectivity index (χ1) is 6.74. The summed E-state index contributed by atoms with van der Waals surface area (Å²) >= 11 is 0. The number of carboxylic acid groups (broad SMARTS) is 1. The van der Waals surface area contributed by atoms with Gasteiger partial charge in [0.05, 0.1) is 12.6 Å². The molecule has 15 heavy (non-hydrogen) atoms. The fourth-order valence-corrected chi connectivity index (χ4v) is 2.08. The third kappa shape index (κ3) is 1.65. The summed E-state index contributed by atoms with van der Waals surface area (Å²) in [6.45, 7) is 5.05. The van der Waals surface area contributed by atoms with Crippen molar-refractivity contribution in [3.63, 3.8) is 0 Å². The molecule has 1 N–H and O–H groups in total. The molecule has 84 valence electrons. The van der Waals surface area contributed by atoms with Gasteiger partial charge in [0.15, 0.2) is 0 Å². The van der Waals surface area contributed by atoms with E-state index in [1.165, 1.54) is 0 Å². The number of rotatable bonds is 0. The van der Waals surface area contributed by atoms with E-state index in [0.29, 0.717) is 0 Å². The van der Waals surface area contributed by atoms with Crippen molar-refractivity contribution in [2.24, 2.45) is 5.41 Å². The Balaban J connectivity index is 3.19. The summed E-state index contributed by atoms with van der Waals surface area (Å²) in [5.41, 5.74) is -1.85. The maximum absolute atomic E-state index is 13.3. The second kappa shape index (κ2) is 3.37. The molecule has 0 aromatic heterocycles. The number of nitriles is 1. The number of amides is 1. The van der Waals surface area contributed by atoms with Gasteiger partial charge in [0.2, 0.25) is 0 Å². The van der Waals surface area contributed by atoms with Crippen LogP contribution in [0.1, 0.15) is 27.2 Å². The minimum Gasteiger partial charge on any atom is -0.465 e. The molecule has 0 saturated carbocycles. The van der Waals surface area contributed by atoms with Gasteiger partial charge in [-0.25, -0.2) is 9.18 Å². The Hall–Kier alpha value is -1.31. The number of nitrogens with zero attached hydrogens (tertiary/aromatic N) is 2. The highest BCUT2D eigenvalue weighted by Crippen LogP contribution is 2.44. The monoisotopic (exact) mass is 214 g/mol. The molecule has 5 heteroatoms. The zero-order chi connectivity index (χ0) is 11.9. The van der Waals surface area contributed by atoms with Crippen LogP contribution in [0, 0.1) is 16.7 Å². The summed E-state index contributed by atoms with van der Waals surface area (Å²) in [6, 6.07) is 1.98. The maximum Gasteiger partial charge on any atom is 0.408 e. The van der Waals surface area contributed by atoms with Gasteiger partial charge in [0.25, 0.3) is 0 Å². The van der Waals surface area contributed by atoms with Crippen LogP contribution < -0.4 is 0 Å². The Morgan fingerprint density at radius 3 is 2.47 bits per heavy atom. The van der Waals surface area contributed by atoms with Crippen molar-refractivity contribution in [1.29, 1.82) is 5.26 Å². The number of alkyl halides is 1. The standard InChI is InChI=1S/C10H15FN2O2/c1-9(2,3)10(6-12)4-7(11)5-13(10)8(14)15/h7H,4-5H2,1-3H3,(H,14,15)/t7-,10+/m0/s1. The number of hydrogen-bond acceptors (Lipinski definition) is 2. The summed E-state index contributed by atoms with van der Waals surface area (Å²) in [7, 11) is 0. The lowest BCUT2D eigenvalue weighted by atomic mass is 9.72. The topological polar surface area (TPSA) is 64.3 Å². The van der Waals surface area contributed by atoms with Crippen molar-refractivity contribution >= 4 is 6.09 Å². The molecule has 0 aromatic carbocycles. The van der Waals surface area contributed by atoms with Gasteiger partial charge in [-0.05, 0) is 5.41 Å². The molecule has 0 aromatic rings. The average molecular weight is 214 g/mol. The molecule has 4 nitrogen and oxygen atoms in total. The summed E-state index contributed by atoms with van der Waals surface area (Å²) in [6.07, 6.45) is -2.52. The SMILES string of the molecule is CC(C)(C)[C@]1(C#N)C[C@H](F)CN1C(=O)O. The van der Waals surface area contributed by atoms with E-state index in [1.54, 1.807) is 20.8 Å². The van der Waals surface area contributed by atoms with Crippen LogP contribution in [0.25, 0.3) is 0 Å². The molecule has 1 saturated heterocycles. The van der Waals surface area contributed by atoms with Gasteiger partial charge in [-0.15, -0.1) is 0 Å². The Morgan fingerprint density at radius 2 is 2.20 bits per heavy atom. The number of carbonyl (C=O) groups is 1. The summed E-state index contributed by atoms with van der Waals surface area (Å²) in [5.74, 6) is 0. The molecular weight excluding hydrogens is 199 g/mol. The normalized spacial score (nSPS) is 31.4. The van der Waals surface area contributed by atoms with Gasteiger partial charge in [0, 0.05) is 6.42 Å². The molecule has 0 radical (unpaired) electrons. The predicted molar refractivity (Wildman–Crippen MR) is 52.0 cm³/mol. The number of likely N-dealkylation sites (tertiary alicyclic amines) is 1. The molecule has 0 bridgehead atoms. The van der Waals surface area contributed by atoms with Crippen LogP contribution >= 0.6 is 0 Å². The molecule has 1 amide bonds. The van der Waals surface area contributed by atoms with Crippen molar-refractivity contribution < 1.29 is 14.3 Å². The molecule has 1 heterocycles. The fourth-order valence-electron chi connectivity index (χ4n) is 2.08.